The number of nitrogens with one attached hydrogen (secondary N) is 3. The molecule has 25 heavy (non-hydrogen) atoms. The van der Waals surface area contributed by atoms with E-state index in [1.54, 1.807) is 18.2 Å². The van der Waals surface area contributed by atoms with Gasteiger partial charge in [0, 0.05) is 23.2 Å². The Morgan fingerprint density at radius 2 is 2.04 bits per heavy atom. The van der Waals surface area contributed by atoms with Crippen LogP contribution in [0.25, 0.3) is 6.08 Å². The second-order valence-corrected chi connectivity index (χ2v) is 5.97. The summed E-state index contributed by atoms with van der Waals surface area (Å²) in [7, 11) is 0. The number of fused-ring (bicyclic) bond motifs is 1. The van der Waals surface area contributed by atoms with Crippen molar-refractivity contribution in [1.82, 2.24) is 4.57 Å². The lowest BCUT2D eigenvalue weighted by molar-refractivity contribution is 0.248. The molecule has 0 amide bonds. The predicted octanol–water partition coefficient (Wildman–Crippen LogP) is 2.69. The van der Waals surface area contributed by atoms with Crippen LogP contribution >= 0.6 is 0 Å². The Morgan fingerprint density at radius 3 is 2.76 bits per heavy atom. The maximum Gasteiger partial charge on any atom is 0.160 e. The highest BCUT2D eigenvalue weighted by Crippen LogP contribution is 2.40. The minimum Gasteiger partial charge on any atom is -0.493 e. The molecule has 1 atom stereocenters. The van der Waals surface area contributed by atoms with Gasteiger partial charge in [-0.2, -0.15) is 0 Å². The molecule has 0 saturated heterocycles. The molecule has 1 aromatic carbocycles. The van der Waals surface area contributed by atoms with Crippen LogP contribution in [0.4, 0.5) is 10.2 Å². The topological polar surface area (TPSA) is 83.1 Å². The molecule has 6 nitrogen and oxygen atoms in total. The van der Waals surface area contributed by atoms with Crippen molar-refractivity contribution in [2.45, 2.75) is 12.5 Å². The Bertz CT molecular complexity index is 951. The third-order valence-corrected chi connectivity index (χ3v) is 4.61. The van der Waals surface area contributed by atoms with E-state index in [9.17, 15) is 4.39 Å². The number of rotatable bonds is 2. The highest BCUT2D eigenvalue weighted by atomic mass is 19.1. The summed E-state index contributed by atoms with van der Waals surface area (Å²) in [5.74, 6) is 1.26. The average molecular weight is 340 g/mol. The van der Waals surface area contributed by atoms with Crippen molar-refractivity contribution in [3.63, 3.8) is 0 Å². The largest absolute Gasteiger partial charge is 0.493 e. The monoisotopic (exact) mass is 340 g/mol. The number of pyridine rings is 1. The summed E-state index contributed by atoms with van der Waals surface area (Å²) >= 11 is 0. The highest BCUT2D eigenvalue weighted by Gasteiger charge is 2.31. The smallest absolute Gasteiger partial charge is 0.160 e. The van der Waals surface area contributed by atoms with Gasteiger partial charge < -0.3 is 14.8 Å². The van der Waals surface area contributed by atoms with Gasteiger partial charge in [0.1, 0.15) is 17.1 Å². The standard InChI is InChI=1S/C18H17FN4O2/c1-2-10-5-15-18(23(9-20)17(10)21)22-6-12-13(19)3-4-14-16(12)11(7-24-14)8-25-15/h2-5,9,11,20-22H,1,6-8H2/t11-/m1/s1. The third-order valence-electron chi connectivity index (χ3n) is 4.61. The second kappa shape index (κ2) is 5.77. The van der Waals surface area contributed by atoms with Gasteiger partial charge in [-0.1, -0.05) is 12.7 Å². The first-order chi connectivity index (χ1) is 12.1. The molecule has 128 valence electrons. The van der Waals surface area contributed by atoms with Gasteiger partial charge in [-0.05, 0) is 18.2 Å². The van der Waals surface area contributed by atoms with E-state index in [1.165, 1.54) is 10.6 Å². The van der Waals surface area contributed by atoms with Gasteiger partial charge in [-0.15, -0.1) is 0 Å². The van der Waals surface area contributed by atoms with Crippen LogP contribution in [-0.2, 0) is 6.54 Å². The van der Waals surface area contributed by atoms with Crippen molar-refractivity contribution in [2.24, 2.45) is 0 Å². The van der Waals surface area contributed by atoms with Crippen molar-refractivity contribution in [3.05, 3.63) is 52.8 Å². The molecule has 7 heteroatoms. The summed E-state index contributed by atoms with van der Waals surface area (Å²) in [5, 5.41) is 19.0. The summed E-state index contributed by atoms with van der Waals surface area (Å²) in [5.41, 5.74) is 2.03. The Kier molecular flexibility index (Phi) is 3.56. The van der Waals surface area contributed by atoms with Crippen molar-refractivity contribution >= 4 is 18.2 Å². The summed E-state index contributed by atoms with van der Waals surface area (Å²) < 4.78 is 27.4. The van der Waals surface area contributed by atoms with Gasteiger partial charge in [0.05, 0.1) is 25.5 Å². The molecule has 2 aromatic rings. The van der Waals surface area contributed by atoms with E-state index in [0.29, 0.717) is 41.7 Å². The lowest BCUT2D eigenvalue weighted by atomic mass is 9.96. The van der Waals surface area contributed by atoms with Crippen molar-refractivity contribution in [3.8, 4) is 11.5 Å². The molecule has 0 fully saturated rings. The maximum absolute atomic E-state index is 14.4. The normalized spacial score (nSPS) is 17.6. The average Bonchev–Trinajstić information content (AvgIpc) is 3.05. The molecule has 3 heterocycles. The number of ether oxygens (including phenoxy) is 2. The molecule has 2 aliphatic heterocycles. The molecule has 3 N–H and O–H groups in total. The van der Waals surface area contributed by atoms with Crippen LogP contribution < -0.4 is 20.3 Å². The lowest BCUT2D eigenvalue weighted by Crippen LogP contribution is -2.26. The predicted molar refractivity (Wildman–Crippen MR) is 92.0 cm³/mol. The van der Waals surface area contributed by atoms with Crippen LogP contribution in [-0.4, -0.2) is 24.1 Å². The van der Waals surface area contributed by atoms with Crippen LogP contribution in [0.15, 0.2) is 24.8 Å². The quantitative estimate of drug-likeness (QED) is 0.581. The van der Waals surface area contributed by atoms with Gasteiger partial charge in [0.2, 0.25) is 0 Å². The van der Waals surface area contributed by atoms with Gasteiger partial charge in [0.15, 0.2) is 11.6 Å². The van der Waals surface area contributed by atoms with E-state index < -0.39 is 0 Å². The van der Waals surface area contributed by atoms with Crippen LogP contribution in [0, 0.1) is 16.6 Å². The zero-order valence-electron chi connectivity index (χ0n) is 13.4. The second-order valence-electron chi connectivity index (χ2n) is 5.97. The van der Waals surface area contributed by atoms with Crippen molar-refractivity contribution < 1.29 is 13.9 Å². The van der Waals surface area contributed by atoms with Crippen LogP contribution in [0.3, 0.4) is 0 Å². The van der Waals surface area contributed by atoms with Crippen LogP contribution in [0.2, 0.25) is 0 Å². The number of benzene rings is 1. The molecule has 0 radical (unpaired) electrons. The molecular formula is C18H17FN4O2. The Hall–Kier alpha value is -3.09. The van der Waals surface area contributed by atoms with E-state index in [-0.39, 0.29) is 23.8 Å². The van der Waals surface area contributed by atoms with Gasteiger partial charge >= 0.3 is 0 Å². The molecule has 0 saturated carbocycles. The molecule has 2 aliphatic rings. The maximum atomic E-state index is 14.4. The number of hydrogen-bond donors (Lipinski definition) is 3. The van der Waals surface area contributed by atoms with Crippen LogP contribution in [0.1, 0.15) is 22.6 Å². The highest BCUT2D eigenvalue weighted by molar-refractivity contribution is 5.70. The SMILES string of the molecule is C=Cc1cc2c(n(C=N)c1=N)NCc1c(F)ccc3c1[C@H](CO3)CO2. The van der Waals surface area contributed by atoms with E-state index >= 15 is 0 Å². The first-order valence-electron chi connectivity index (χ1n) is 7.92. The number of anilines is 1. The number of halogens is 1. The van der Waals surface area contributed by atoms with Gasteiger partial charge in [-0.25, -0.2) is 4.39 Å². The summed E-state index contributed by atoms with van der Waals surface area (Å²) in [6.07, 6.45) is 2.58. The number of hydrogen-bond acceptors (Lipinski definition) is 5. The summed E-state index contributed by atoms with van der Waals surface area (Å²) in [6, 6.07) is 4.76. The summed E-state index contributed by atoms with van der Waals surface area (Å²) in [6.45, 7) is 4.68. The molecule has 4 rings (SSSR count). The van der Waals surface area contributed by atoms with E-state index in [0.717, 1.165) is 11.9 Å². The Morgan fingerprint density at radius 1 is 1.28 bits per heavy atom. The zero-order valence-corrected chi connectivity index (χ0v) is 13.4. The first kappa shape index (κ1) is 15.4. The van der Waals surface area contributed by atoms with E-state index in [2.05, 4.69) is 11.9 Å². The van der Waals surface area contributed by atoms with E-state index in [1.807, 2.05) is 0 Å². The van der Waals surface area contributed by atoms with Gasteiger partial charge in [-0.3, -0.25) is 15.4 Å². The Labute approximate surface area is 143 Å². The molecule has 0 spiro atoms. The number of nitrogens with zero attached hydrogens (tertiary/aromatic N) is 1. The number of aromatic nitrogens is 1. The van der Waals surface area contributed by atoms with Crippen molar-refractivity contribution in [2.75, 3.05) is 18.5 Å². The zero-order chi connectivity index (χ0) is 17.6. The van der Waals surface area contributed by atoms with Crippen molar-refractivity contribution in [1.29, 1.82) is 10.8 Å². The first-order valence-corrected chi connectivity index (χ1v) is 7.92. The third kappa shape index (κ3) is 2.31. The summed E-state index contributed by atoms with van der Waals surface area (Å²) in [4.78, 5) is 0. The lowest BCUT2D eigenvalue weighted by Gasteiger charge is -2.17. The minimum absolute atomic E-state index is 0.0651. The fourth-order valence-corrected chi connectivity index (χ4v) is 3.35. The molecular weight excluding hydrogens is 323 g/mol. The Balaban J connectivity index is 1.88. The fourth-order valence-electron chi connectivity index (χ4n) is 3.35. The minimum atomic E-state index is -0.305. The molecule has 1 aromatic heterocycles. The molecule has 0 bridgehead atoms. The van der Waals surface area contributed by atoms with Gasteiger partial charge in [0.25, 0.3) is 0 Å². The molecule has 0 unspecified atom stereocenters. The van der Waals surface area contributed by atoms with Crippen LogP contribution in [0.5, 0.6) is 11.5 Å². The van der Waals surface area contributed by atoms with E-state index in [4.69, 9.17) is 20.3 Å². The molecule has 0 aliphatic carbocycles. The fraction of sp³-hybridized carbons (Fsp3) is 0.222.